The SMILES string of the molecule is CC(C)N1CC=COC1=O. The van der Waals surface area contributed by atoms with E-state index in [-0.39, 0.29) is 12.1 Å². The van der Waals surface area contributed by atoms with E-state index in [0.29, 0.717) is 6.54 Å². The molecule has 0 spiro atoms. The smallest absolute Gasteiger partial charge is 0.415 e. The molecule has 0 aromatic rings. The van der Waals surface area contributed by atoms with E-state index < -0.39 is 0 Å². The van der Waals surface area contributed by atoms with E-state index in [2.05, 4.69) is 4.74 Å². The van der Waals surface area contributed by atoms with Crippen LogP contribution in [0.5, 0.6) is 0 Å². The molecule has 0 atom stereocenters. The summed E-state index contributed by atoms with van der Waals surface area (Å²) >= 11 is 0. The molecule has 0 N–H and O–H groups in total. The molecule has 0 bridgehead atoms. The van der Waals surface area contributed by atoms with Gasteiger partial charge in [-0.15, -0.1) is 0 Å². The summed E-state index contributed by atoms with van der Waals surface area (Å²) in [4.78, 5) is 12.5. The third-order valence-electron chi connectivity index (χ3n) is 1.43. The summed E-state index contributed by atoms with van der Waals surface area (Å²) < 4.78 is 4.66. The van der Waals surface area contributed by atoms with Gasteiger partial charge in [0.15, 0.2) is 0 Å². The Balaban J connectivity index is 2.59. The first kappa shape index (κ1) is 7.12. The number of ether oxygens (including phenoxy) is 1. The van der Waals surface area contributed by atoms with Gasteiger partial charge in [0.2, 0.25) is 0 Å². The number of cyclic esters (lactones) is 1. The van der Waals surface area contributed by atoms with Crippen LogP contribution in [0.15, 0.2) is 12.3 Å². The van der Waals surface area contributed by atoms with Gasteiger partial charge in [0.1, 0.15) is 0 Å². The van der Waals surface area contributed by atoms with E-state index in [1.807, 2.05) is 19.9 Å². The van der Waals surface area contributed by atoms with Crippen LogP contribution >= 0.6 is 0 Å². The monoisotopic (exact) mass is 141 g/mol. The van der Waals surface area contributed by atoms with Gasteiger partial charge in [0.05, 0.1) is 6.26 Å². The van der Waals surface area contributed by atoms with Crippen molar-refractivity contribution in [1.82, 2.24) is 4.90 Å². The van der Waals surface area contributed by atoms with Gasteiger partial charge in [0, 0.05) is 12.6 Å². The molecule has 0 radical (unpaired) electrons. The van der Waals surface area contributed by atoms with Crippen LogP contribution < -0.4 is 0 Å². The molecule has 0 aromatic heterocycles. The summed E-state index contributed by atoms with van der Waals surface area (Å²) in [6.45, 7) is 4.58. The lowest BCUT2D eigenvalue weighted by Gasteiger charge is -2.25. The lowest BCUT2D eigenvalue weighted by atomic mass is 10.3. The van der Waals surface area contributed by atoms with Crippen LogP contribution in [0.4, 0.5) is 4.79 Å². The Morgan fingerprint density at radius 3 is 2.80 bits per heavy atom. The van der Waals surface area contributed by atoms with E-state index in [4.69, 9.17) is 0 Å². The Hall–Kier alpha value is -0.990. The molecule has 0 unspecified atom stereocenters. The molecular formula is C7H11NO2. The summed E-state index contributed by atoms with van der Waals surface area (Å²) in [5.41, 5.74) is 0. The summed E-state index contributed by atoms with van der Waals surface area (Å²) in [5.74, 6) is 0. The van der Waals surface area contributed by atoms with Crippen molar-refractivity contribution in [1.29, 1.82) is 0 Å². The van der Waals surface area contributed by atoms with Crippen molar-refractivity contribution in [2.24, 2.45) is 0 Å². The first-order valence-electron chi connectivity index (χ1n) is 3.34. The molecular weight excluding hydrogens is 130 g/mol. The van der Waals surface area contributed by atoms with Gasteiger partial charge in [-0.1, -0.05) is 0 Å². The number of nitrogens with zero attached hydrogens (tertiary/aromatic N) is 1. The van der Waals surface area contributed by atoms with Crippen LogP contribution in [0.1, 0.15) is 13.8 Å². The van der Waals surface area contributed by atoms with E-state index in [0.717, 1.165) is 0 Å². The molecule has 0 saturated heterocycles. The fourth-order valence-corrected chi connectivity index (χ4v) is 0.827. The number of amides is 1. The maximum atomic E-state index is 10.9. The lowest BCUT2D eigenvalue weighted by Crippen LogP contribution is -2.38. The highest BCUT2D eigenvalue weighted by atomic mass is 16.5. The van der Waals surface area contributed by atoms with Crippen LogP contribution in [0, 0.1) is 0 Å². The minimum atomic E-state index is -0.252. The molecule has 3 nitrogen and oxygen atoms in total. The number of hydrogen-bond donors (Lipinski definition) is 0. The van der Waals surface area contributed by atoms with Gasteiger partial charge in [-0.05, 0) is 19.9 Å². The molecule has 1 heterocycles. The number of rotatable bonds is 1. The standard InChI is InChI=1S/C7H11NO2/c1-6(2)8-4-3-5-10-7(8)9/h3,5-6H,4H2,1-2H3. The van der Waals surface area contributed by atoms with E-state index >= 15 is 0 Å². The summed E-state index contributed by atoms with van der Waals surface area (Å²) in [6.07, 6.45) is 3.00. The zero-order valence-electron chi connectivity index (χ0n) is 6.20. The third kappa shape index (κ3) is 1.29. The van der Waals surface area contributed by atoms with E-state index in [1.165, 1.54) is 6.26 Å². The molecule has 0 saturated carbocycles. The van der Waals surface area contributed by atoms with Crippen molar-refractivity contribution in [3.05, 3.63) is 12.3 Å². The Bertz CT molecular complexity index is 163. The molecule has 0 aliphatic carbocycles. The van der Waals surface area contributed by atoms with Gasteiger partial charge in [-0.2, -0.15) is 0 Å². The molecule has 10 heavy (non-hydrogen) atoms. The fraction of sp³-hybridized carbons (Fsp3) is 0.571. The molecule has 1 aliphatic rings. The largest absolute Gasteiger partial charge is 0.418 e. The minimum absolute atomic E-state index is 0.220. The number of carbonyl (C=O) groups excluding carboxylic acids is 1. The Kier molecular flexibility index (Phi) is 1.94. The van der Waals surface area contributed by atoms with Crippen LogP contribution in [0.2, 0.25) is 0 Å². The maximum absolute atomic E-state index is 10.9. The molecule has 1 aliphatic heterocycles. The first-order valence-corrected chi connectivity index (χ1v) is 3.34. The van der Waals surface area contributed by atoms with E-state index in [1.54, 1.807) is 4.90 Å². The van der Waals surface area contributed by atoms with Crippen molar-refractivity contribution in [2.45, 2.75) is 19.9 Å². The number of carbonyl (C=O) groups is 1. The average Bonchev–Trinajstić information content (AvgIpc) is 1.88. The molecule has 56 valence electrons. The second kappa shape index (κ2) is 2.73. The lowest BCUT2D eigenvalue weighted by molar-refractivity contribution is 0.121. The highest BCUT2D eigenvalue weighted by Crippen LogP contribution is 2.05. The highest BCUT2D eigenvalue weighted by molar-refractivity contribution is 5.69. The van der Waals surface area contributed by atoms with Gasteiger partial charge >= 0.3 is 6.09 Å². The fourth-order valence-electron chi connectivity index (χ4n) is 0.827. The normalized spacial score (nSPS) is 17.9. The van der Waals surface area contributed by atoms with Crippen molar-refractivity contribution in [3.63, 3.8) is 0 Å². The van der Waals surface area contributed by atoms with Crippen molar-refractivity contribution in [3.8, 4) is 0 Å². The average molecular weight is 141 g/mol. The van der Waals surface area contributed by atoms with Gasteiger partial charge in [0.25, 0.3) is 0 Å². The van der Waals surface area contributed by atoms with Gasteiger partial charge in [-0.25, -0.2) is 4.79 Å². The van der Waals surface area contributed by atoms with Gasteiger partial charge in [-0.3, -0.25) is 0 Å². The second-order valence-corrected chi connectivity index (χ2v) is 2.50. The maximum Gasteiger partial charge on any atom is 0.415 e. The third-order valence-corrected chi connectivity index (χ3v) is 1.43. The predicted molar refractivity (Wildman–Crippen MR) is 37.5 cm³/mol. The molecule has 0 aromatic carbocycles. The predicted octanol–water partition coefficient (Wildman–Crippen LogP) is 1.36. The minimum Gasteiger partial charge on any atom is -0.418 e. The van der Waals surface area contributed by atoms with Crippen LogP contribution in [0.25, 0.3) is 0 Å². The quantitative estimate of drug-likeness (QED) is 0.551. The van der Waals surface area contributed by atoms with Crippen LogP contribution in [0.3, 0.4) is 0 Å². The van der Waals surface area contributed by atoms with Crippen molar-refractivity contribution < 1.29 is 9.53 Å². The Labute approximate surface area is 60.3 Å². The zero-order chi connectivity index (χ0) is 7.56. The summed E-state index contributed by atoms with van der Waals surface area (Å²) in [7, 11) is 0. The number of hydrogen-bond acceptors (Lipinski definition) is 2. The molecule has 1 rings (SSSR count). The van der Waals surface area contributed by atoms with Gasteiger partial charge < -0.3 is 9.64 Å². The summed E-state index contributed by atoms with van der Waals surface area (Å²) in [6, 6.07) is 0.220. The van der Waals surface area contributed by atoms with Crippen molar-refractivity contribution in [2.75, 3.05) is 6.54 Å². The first-order chi connectivity index (χ1) is 4.72. The Morgan fingerprint density at radius 1 is 1.70 bits per heavy atom. The van der Waals surface area contributed by atoms with Crippen LogP contribution in [-0.2, 0) is 4.74 Å². The molecule has 3 heteroatoms. The van der Waals surface area contributed by atoms with E-state index in [9.17, 15) is 4.79 Å². The zero-order valence-corrected chi connectivity index (χ0v) is 6.20. The Morgan fingerprint density at radius 2 is 2.40 bits per heavy atom. The van der Waals surface area contributed by atoms with Crippen molar-refractivity contribution >= 4 is 6.09 Å². The summed E-state index contributed by atoms with van der Waals surface area (Å²) in [5, 5.41) is 0. The topological polar surface area (TPSA) is 29.5 Å². The van der Waals surface area contributed by atoms with Crippen LogP contribution in [-0.4, -0.2) is 23.6 Å². The molecule has 0 fully saturated rings. The second-order valence-electron chi connectivity index (χ2n) is 2.50. The highest BCUT2D eigenvalue weighted by Gasteiger charge is 2.18. The molecule has 1 amide bonds.